The van der Waals surface area contributed by atoms with Crippen molar-refractivity contribution in [3.05, 3.63) is 63.1 Å². The Morgan fingerprint density at radius 2 is 1.95 bits per heavy atom. The molecule has 0 aliphatic heterocycles. The Morgan fingerprint density at radius 1 is 1.16 bits per heavy atom. The van der Waals surface area contributed by atoms with Gasteiger partial charge in [-0.3, -0.25) is 15.5 Å². The predicted molar refractivity (Wildman–Crippen MR) is 75.4 cm³/mol. The standard InChI is InChI=1S/C12H9BrN4O2/c13-11-6-1-2-7-12(11)15-16-14-9-4-3-5-10(8-9)17(18)19/h1-8H,(H,14,15). The first-order chi connectivity index (χ1) is 9.16. The second-order valence-electron chi connectivity index (χ2n) is 3.57. The number of nitro groups is 1. The molecule has 0 radical (unpaired) electrons. The molecule has 6 nitrogen and oxygen atoms in total. The van der Waals surface area contributed by atoms with Gasteiger partial charge in [0.15, 0.2) is 0 Å². The third-order valence-corrected chi connectivity index (χ3v) is 2.92. The summed E-state index contributed by atoms with van der Waals surface area (Å²) in [5.74, 6) is 0. The van der Waals surface area contributed by atoms with Gasteiger partial charge in [-0.2, -0.15) is 0 Å². The SMILES string of the molecule is O=[N+]([O-])c1cccc(NN=Nc2ccccc2Br)c1. The third-order valence-electron chi connectivity index (χ3n) is 2.25. The van der Waals surface area contributed by atoms with Gasteiger partial charge in [-0.1, -0.05) is 23.4 Å². The van der Waals surface area contributed by atoms with Crippen LogP contribution in [0, 0.1) is 10.1 Å². The van der Waals surface area contributed by atoms with Gasteiger partial charge in [-0.15, -0.1) is 5.11 Å². The molecule has 0 saturated heterocycles. The molecule has 0 heterocycles. The summed E-state index contributed by atoms with van der Waals surface area (Å²) in [4.78, 5) is 10.1. The summed E-state index contributed by atoms with van der Waals surface area (Å²) in [5, 5.41) is 18.4. The summed E-state index contributed by atoms with van der Waals surface area (Å²) in [6.07, 6.45) is 0. The summed E-state index contributed by atoms with van der Waals surface area (Å²) < 4.78 is 0.819. The lowest BCUT2D eigenvalue weighted by Crippen LogP contribution is -1.90. The molecule has 0 aliphatic rings. The minimum Gasteiger partial charge on any atom is -0.260 e. The molecular formula is C12H9BrN4O2. The molecule has 0 bridgehead atoms. The molecule has 0 atom stereocenters. The monoisotopic (exact) mass is 320 g/mol. The molecule has 19 heavy (non-hydrogen) atoms. The fourth-order valence-corrected chi connectivity index (χ4v) is 1.72. The van der Waals surface area contributed by atoms with Crippen molar-refractivity contribution >= 4 is 33.0 Å². The van der Waals surface area contributed by atoms with E-state index in [4.69, 9.17) is 0 Å². The Labute approximate surface area is 117 Å². The Morgan fingerprint density at radius 3 is 2.68 bits per heavy atom. The highest BCUT2D eigenvalue weighted by Gasteiger charge is 2.04. The zero-order valence-corrected chi connectivity index (χ0v) is 11.2. The number of non-ortho nitro benzene ring substituents is 1. The molecule has 0 amide bonds. The molecule has 2 aromatic rings. The maximum Gasteiger partial charge on any atom is 0.271 e. The van der Waals surface area contributed by atoms with E-state index in [1.165, 1.54) is 12.1 Å². The van der Waals surface area contributed by atoms with E-state index in [0.29, 0.717) is 11.4 Å². The number of hydrogen-bond acceptors (Lipinski definition) is 4. The second-order valence-corrected chi connectivity index (χ2v) is 4.42. The van der Waals surface area contributed by atoms with Crippen LogP contribution in [0.1, 0.15) is 0 Å². The zero-order chi connectivity index (χ0) is 13.7. The number of nitro benzene ring substituents is 1. The molecule has 2 aromatic carbocycles. The lowest BCUT2D eigenvalue weighted by atomic mass is 10.3. The number of halogens is 1. The van der Waals surface area contributed by atoms with Gasteiger partial charge in [0, 0.05) is 16.6 Å². The van der Waals surface area contributed by atoms with E-state index in [9.17, 15) is 10.1 Å². The zero-order valence-electron chi connectivity index (χ0n) is 9.65. The van der Waals surface area contributed by atoms with E-state index in [1.54, 1.807) is 18.2 Å². The molecular weight excluding hydrogens is 312 g/mol. The first kappa shape index (κ1) is 13.2. The smallest absolute Gasteiger partial charge is 0.260 e. The van der Waals surface area contributed by atoms with E-state index in [-0.39, 0.29) is 5.69 Å². The number of benzene rings is 2. The van der Waals surface area contributed by atoms with Crippen LogP contribution in [0.4, 0.5) is 17.1 Å². The summed E-state index contributed by atoms with van der Waals surface area (Å²) >= 11 is 3.34. The van der Waals surface area contributed by atoms with Crippen molar-refractivity contribution in [2.24, 2.45) is 10.3 Å². The number of rotatable bonds is 4. The predicted octanol–water partition coefficient (Wildman–Crippen LogP) is 4.47. The van der Waals surface area contributed by atoms with E-state index in [2.05, 4.69) is 31.7 Å². The molecule has 0 aliphatic carbocycles. The van der Waals surface area contributed by atoms with Crippen molar-refractivity contribution in [2.75, 3.05) is 5.43 Å². The van der Waals surface area contributed by atoms with E-state index >= 15 is 0 Å². The van der Waals surface area contributed by atoms with E-state index in [1.807, 2.05) is 18.2 Å². The molecule has 96 valence electrons. The van der Waals surface area contributed by atoms with Gasteiger partial charge in [-0.05, 0) is 34.1 Å². The number of hydrogen-bond donors (Lipinski definition) is 1. The van der Waals surface area contributed by atoms with Crippen LogP contribution >= 0.6 is 15.9 Å². The van der Waals surface area contributed by atoms with Gasteiger partial charge < -0.3 is 0 Å². The Hall–Kier alpha value is -2.28. The first-order valence-corrected chi connectivity index (χ1v) is 6.12. The molecule has 0 saturated carbocycles. The van der Waals surface area contributed by atoms with Crippen LogP contribution < -0.4 is 5.43 Å². The third kappa shape index (κ3) is 3.59. The lowest BCUT2D eigenvalue weighted by molar-refractivity contribution is -0.384. The quantitative estimate of drug-likeness (QED) is 0.512. The maximum absolute atomic E-state index is 10.6. The Bertz CT molecular complexity index is 631. The highest BCUT2D eigenvalue weighted by atomic mass is 79.9. The molecule has 7 heteroatoms. The van der Waals surface area contributed by atoms with Crippen LogP contribution in [0.5, 0.6) is 0 Å². The van der Waals surface area contributed by atoms with Crippen LogP contribution in [0.25, 0.3) is 0 Å². The highest BCUT2D eigenvalue weighted by Crippen LogP contribution is 2.24. The number of nitrogens with one attached hydrogen (secondary N) is 1. The molecule has 0 fully saturated rings. The average Bonchev–Trinajstić information content (AvgIpc) is 2.41. The van der Waals surface area contributed by atoms with Crippen LogP contribution in [0.3, 0.4) is 0 Å². The van der Waals surface area contributed by atoms with Crippen LogP contribution in [0.15, 0.2) is 63.3 Å². The van der Waals surface area contributed by atoms with E-state index < -0.39 is 4.92 Å². The van der Waals surface area contributed by atoms with Crippen LogP contribution in [-0.2, 0) is 0 Å². The van der Waals surface area contributed by atoms with Crippen molar-refractivity contribution in [3.63, 3.8) is 0 Å². The van der Waals surface area contributed by atoms with Crippen molar-refractivity contribution in [1.29, 1.82) is 0 Å². The van der Waals surface area contributed by atoms with Gasteiger partial charge in [0.2, 0.25) is 0 Å². The minimum absolute atomic E-state index is 0.00101. The average molecular weight is 321 g/mol. The molecule has 0 aromatic heterocycles. The summed E-state index contributed by atoms with van der Waals surface area (Å²) in [6.45, 7) is 0. The lowest BCUT2D eigenvalue weighted by Gasteiger charge is -1.99. The Balaban J connectivity index is 2.09. The minimum atomic E-state index is -0.462. The van der Waals surface area contributed by atoms with Crippen molar-refractivity contribution in [1.82, 2.24) is 0 Å². The van der Waals surface area contributed by atoms with Gasteiger partial charge in [0.25, 0.3) is 5.69 Å². The fraction of sp³-hybridized carbons (Fsp3) is 0. The van der Waals surface area contributed by atoms with Gasteiger partial charge in [0.05, 0.1) is 10.6 Å². The van der Waals surface area contributed by atoms with E-state index in [0.717, 1.165) is 4.47 Å². The molecule has 0 unspecified atom stereocenters. The number of anilines is 1. The van der Waals surface area contributed by atoms with Gasteiger partial charge >= 0.3 is 0 Å². The molecule has 2 rings (SSSR count). The fourth-order valence-electron chi connectivity index (χ4n) is 1.36. The molecule has 1 N–H and O–H groups in total. The summed E-state index contributed by atoms with van der Waals surface area (Å²) in [6, 6.07) is 13.4. The van der Waals surface area contributed by atoms with Crippen molar-refractivity contribution in [3.8, 4) is 0 Å². The highest BCUT2D eigenvalue weighted by molar-refractivity contribution is 9.10. The van der Waals surface area contributed by atoms with Crippen molar-refractivity contribution < 1.29 is 4.92 Å². The van der Waals surface area contributed by atoms with Gasteiger partial charge in [-0.25, -0.2) is 0 Å². The first-order valence-electron chi connectivity index (χ1n) is 5.32. The van der Waals surface area contributed by atoms with Crippen LogP contribution in [0.2, 0.25) is 0 Å². The normalized spacial score (nSPS) is 10.6. The summed E-state index contributed by atoms with van der Waals surface area (Å²) in [5.41, 5.74) is 3.82. The number of nitrogens with zero attached hydrogens (tertiary/aromatic N) is 3. The Kier molecular flexibility index (Phi) is 4.19. The largest absolute Gasteiger partial charge is 0.271 e. The van der Waals surface area contributed by atoms with Gasteiger partial charge in [0.1, 0.15) is 5.69 Å². The summed E-state index contributed by atoms with van der Waals surface area (Å²) in [7, 11) is 0. The second kappa shape index (κ2) is 6.05. The van der Waals surface area contributed by atoms with Crippen molar-refractivity contribution in [2.45, 2.75) is 0 Å². The topological polar surface area (TPSA) is 79.9 Å². The molecule has 0 spiro atoms. The van der Waals surface area contributed by atoms with Crippen LogP contribution in [-0.4, -0.2) is 4.92 Å². The maximum atomic E-state index is 10.6.